The maximum absolute atomic E-state index is 8.00. The minimum Gasteiger partial charge on any atom is 0 e. The Balaban J connectivity index is -0.00000000500. The van der Waals surface area contributed by atoms with Gasteiger partial charge in [0.2, 0.25) is 0 Å². The summed E-state index contributed by atoms with van der Waals surface area (Å²) < 4.78 is 8.00. The zero-order chi connectivity index (χ0) is 2.00. The number of rotatable bonds is 0. The molecule has 0 aromatic carbocycles. The van der Waals surface area contributed by atoms with Gasteiger partial charge in [-0.2, -0.15) is 0 Å². The van der Waals surface area contributed by atoms with Crippen LogP contribution in [0.15, 0.2) is 0 Å². The summed E-state index contributed by atoms with van der Waals surface area (Å²) in [6, 6.07) is 0. The van der Waals surface area contributed by atoms with E-state index in [0.717, 1.165) is 0 Å². The fraction of sp³-hybridized carbons (Fsp3) is 0. The van der Waals surface area contributed by atoms with E-state index < -0.39 is 0 Å². The van der Waals surface area contributed by atoms with Crippen molar-refractivity contribution >= 4 is 17.4 Å². The second kappa shape index (κ2) is 24.8. The van der Waals surface area contributed by atoms with Crippen LogP contribution in [0.5, 0.6) is 0 Å². The van der Waals surface area contributed by atoms with Gasteiger partial charge in [-0.15, -0.1) is 0 Å². The van der Waals surface area contributed by atoms with Gasteiger partial charge in [-0.05, 0) is 0 Å². The molecule has 0 saturated heterocycles. The van der Waals surface area contributed by atoms with Crippen LogP contribution in [-0.2, 0) is 39.3 Å². The van der Waals surface area contributed by atoms with E-state index in [9.17, 15) is 0 Å². The van der Waals surface area contributed by atoms with Crippen molar-refractivity contribution in [2.45, 2.75) is 0 Å². The zero-order valence-corrected chi connectivity index (χ0v) is 5.54. The molecular weight excluding hydrogens is 164 g/mol. The molecule has 0 unspecified atom stereocenters. The van der Waals surface area contributed by atoms with E-state index in [0.29, 0.717) is 0 Å². The molecule has 0 N–H and O–H groups in total. The Bertz CT molecular complexity index is 8.00. The largest absolute Gasteiger partial charge is 0 e. The predicted octanol–water partition coefficient (Wildman–Crippen LogP) is -1.31. The van der Waals surface area contributed by atoms with E-state index in [1.165, 1.54) is 0 Å². The SMILES string of the molecule is [AlH3].[O]=[Fe].[Zn]. The first-order valence-electron chi connectivity index (χ1n) is 0.144. The smallest absolute Gasteiger partial charge is 0 e. The summed E-state index contributed by atoms with van der Waals surface area (Å²) in [6.45, 7) is 0. The molecule has 4 heteroatoms. The third kappa shape index (κ3) is 9.78. The first-order chi connectivity index (χ1) is 1.00. The maximum atomic E-state index is 8.00. The van der Waals surface area contributed by atoms with Crippen molar-refractivity contribution in [1.29, 1.82) is 0 Å². The Hall–Kier alpha value is 1.48. The maximum Gasteiger partial charge on any atom is 0 e. The second-order valence-electron chi connectivity index (χ2n) is 0. The van der Waals surface area contributed by atoms with Crippen LogP contribution in [0.4, 0.5) is 0 Å². The van der Waals surface area contributed by atoms with Gasteiger partial charge in [-0.1, -0.05) is 0 Å². The van der Waals surface area contributed by atoms with Crippen LogP contribution in [0.3, 0.4) is 0 Å². The molecular formula is H3AlFeOZn. The Morgan fingerprint density at radius 3 is 1.25 bits per heavy atom. The van der Waals surface area contributed by atoms with Gasteiger partial charge in [0, 0.05) is 19.5 Å². The molecule has 0 aliphatic heterocycles. The van der Waals surface area contributed by atoms with Gasteiger partial charge in [-0.3, -0.25) is 0 Å². The van der Waals surface area contributed by atoms with Gasteiger partial charge < -0.3 is 0 Å². The van der Waals surface area contributed by atoms with Crippen LogP contribution in [0, 0.1) is 0 Å². The summed E-state index contributed by atoms with van der Waals surface area (Å²) in [5.41, 5.74) is 0. The van der Waals surface area contributed by atoms with E-state index in [4.69, 9.17) is 3.83 Å². The van der Waals surface area contributed by atoms with Crippen molar-refractivity contribution in [3.8, 4) is 0 Å². The molecule has 0 aliphatic carbocycles. The molecule has 0 saturated carbocycles. The summed E-state index contributed by atoms with van der Waals surface area (Å²) in [4.78, 5) is 0. The van der Waals surface area contributed by atoms with Gasteiger partial charge >= 0.3 is 19.8 Å². The van der Waals surface area contributed by atoms with E-state index >= 15 is 0 Å². The summed E-state index contributed by atoms with van der Waals surface area (Å²) in [6.07, 6.45) is 0. The Morgan fingerprint density at radius 2 is 1.25 bits per heavy atom. The molecule has 0 rings (SSSR count). The van der Waals surface area contributed by atoms with Crippen molar-refractivity contribution in [1.82, 2.24) is 0 Å². The Morgan fingerprint density at radius 1 is 1.25 bits per heavy atom. The molecule has 0 radical (unpaired) electrons. The third-order valence-corrected chi connectivity index (χ3v) is 0. The van der Waals surface area contributed by atoms with Gasteiger partial charge in [0.25, 0.3) is 0 Å². The molecule has 0 amide bonds. The van der Waals surface area contributed by atoms with Crippen LogP contribution < -0.4 is 0 Å². The molecule has 22 valence electrons. The molecule has 0 aromatic rings. The summed E-state index contributed by atoms with van der Waals surface area (Å²) in [5, 5.41) is 0. The van der Waals surface area contributed by atoms with Gasteiger partial charge in [-0.25, -0.2) is 0 Å². The van der Waals surface area contributed by atoms with E-state index in [1.54, 1.807) is 0 Å². The van der Waals surface area contributed by atoms with Crippen molar-refractivity contribution in [3.05, 3.63) is 0 Å². The molecule has 0 spiro atoms. The van der Waals surface area contributed by atoms with Crippen LogP contribution >= 0.6 is 0 Å². The standard InChI is InChI=1S/Al.Fe.O.Zn.3H. The quantitative estimate of drug-likeness (QED) is 0.410. The normalized spacial score (nSPS) is 1.25. The summed E-state index contributed by atoms with van der Waals surface area (Å²) in [7, 11) is 0. The van der Waals surface area contributed by atoms with Crippen molar-refractivity contribution in [3.63, 3.8) is 0 Å². The molecule has 1 nitrogen and oxygen atoms in total. The molecule has 0 aromatic heterocycles. The third-order valence-electron chi connectivity index (χ3n) is 0. The minimum absolute atomic E-state index is 0. The van der Waals surface area contributed by atoms with Crippen molar-refractivity contribution in [2.75, 3.05) is 0 Å². The molecule has 0 heterocycles. The molecule has 4 heavy (non-hydrogen) atoms. The van der Waals surface area contributed by atoms with E-state index in [-0.39, 0.29) is 36.8 Å². The van der Waals surface area contributed by atoms with Crippen LogP contribution in [0.2, 0.25) is 0 Å². The Labute approximate surface area is 56.4 Å². The average Bonchev–Trinajstić information content (AvgIpc) is 1.00. The van der Waals surface area contributed by atoms with Gasteiger partial charge in [0.15, 0.2) is 17.4 Å². The van der Waals surface area contributed by atoms with Crippen LogP contribution in [0.1, 0.15) is 0 Å². The Kier molecular flexibility index (Phi) is 111. The van der Waals surface area contributed by atoms with Crippen molar-refractivity contribution in [2.24, 2.45) is 0 Å². The monoisotopic (exact) mass is 166 g/mol. The topological polar surface area (TPSA) is 17.1 Å². The fourth-order valence-corrected chi connectivity index (χ4v) is 0. The predicted molar refractivity (Wildman–Crippen MR) is 10.6 cm³/mol. The van der Waals surface area contributed by atoms with Gasteiger partial charge in [0.1, 0.15) is 0 Å². The fourth-order valence-electron chi connectivity index (χ4n) is 0. The number of hydrogen-bond acceptors (Lipinski definition) is 1. The molecule has 0 atom stereocenters. The average molecular weight is 167 g/mol. The zero-order valence-electron chi connectivity index (χ0n) is 1.47. The second-order valence-corrected chi connectivity index (χ2v) is 0. The van der Waals surface area contributed by atoms with Crippen molar-refractivity contribution < 1.29 is 39.3 Å². The first kappa shape index (κ1) is 17.9. The molecule has 0 fully saturated rings. The first-order valence-corrected chi connectivity index (χ1v) is 0.595. The molecule has 0 aliphatic rings. The summed E-state index contributed by atoms with van der Waals surface area (Å²) in [5.74, 6) is 0. The van der Waals surface area contributed by atoms with Crippen LogP contribution in [-0.4, -0.2) is 17.4 Å². The van der Waals surface area contributed by atoms with Crippen LogP contribution in [0.25, 0.3) is 0 Å². The van der Waals surface area contributed by atoms with E-state index in [1.807, 2.05) is 15.9 Å². The number of hydrogen-bond donors (Lipinski definition) is 0. The van der Waals surface area contributed by atoms with E-state index in [2.05, 4.69) is 0 Å². The summed E-state index contributed by atoms with van der Waals surface area (Å²) >= 11 is 2.00. The van der Waals surface area contributed by atoms with Gasteiger partial charge in [0.05, 0.1) is 0 Å². The minimum atomic E-state index is 0. The molecule has 0 bridgehead atoms.